The lowest BCUT2D eigenvalue weighted by molar-refractivity contribution is 0.384. The third-order valence-corrected chi connectivity index (χ3v) is 6.58. The molecule has 0 aliphatic carbocycles. The van der Waals surface area contributed by atoms with Gasteiger partial charge in [-0.1, -0.05) is 17.7 Å². The van der Waals surface area contributed by atoms with Gasteiger partial charge in [-0.3, -0.25) is 0 Å². The second-order valence-electron chi connectivity index (χ2n) is 6.44. The van der Waals surface area contributed by atoms with E-state index in [9.17, 15) is 8.42 Å². The van der Waals surface area contributed by atoms with Gasteiger partial charge >= 0.3 is 0 Å². The predicted molar refractivity (Wildman–Crippen MR) is 97.7 cm³/mol. The molecule has 26 heavy (non-hydrogen) atoms. The Hall–Kier alpha value is -2.52. The number of piperazine rings is 1. The number of anilines is 1. The van der Waals surface area contributed by atoms with Crippen LogP contribution in [0.1, 0.15) is 11.4 Å². The number of aromatic nitrogens is 4. The number of sulfonamides is 1. The first kappa shape index (κ1) is 16.9. The fourth-order valence-electron chi connectivity index (χ4n) is 3.11. The summed E-state index contributed by atoms with van der Waals surface area (Å²) in [6.45, 7) is 5.88. The van der Waals surface area contributed by atoms with Crippen LogP contribution in [0.4, 0.5) is 5.69 Å². The van der Waals surface area contributed by atoms with Crippen LogP contribution in [0, 0.1) is 13.8 Å². The van der Waals surface area contributed by atoms with E-state index in [1.54, 1.807) is 27.2 Å². The fraction of sp³-hybridized carbons (Fsp3) is 0.353. The number of fused-ring (bicyclic) bond motifs is 1. The monoisotopic (exact) mass is 372 g/mol. The van der Waals surface area contributed by atoms with Crippen LogP contribution in [0.15, 0.2) is 41.4 Å². The van der Waals surface area contributed by atoms with Gasteiger partial charge in [0.05, 0.1) is 16.8 Å². The third-order valence-electron chi connectivity index (χ3n) is 4.67. The van der Waals surface area contributed by atoms with Crippen LogP contribution in [0.5, 0.6) is 0 Å². The molecule has 0 bridgehead atoms. The van der Waals surface area contributed by atoms with Crippen LogP contribution in [0.3, 0.4) is 0 Å². The van der Waals surface area contributed by atoms with E-state index in [0.717, 1.165) is 17.1 Å². The predicted octanol–water partition coefficient (Wildman–Crippen LogP) is 1.25. The zero-order valence-electron chi connectivity index (χ0n) is 14.7. The Balaban J connectivity index is 1.50. The van der Waals surface area contributed by atoms with Crippen LogP contribution in [0.25, 0.3) is 5.65 Å². The van der Waals surface area contributed by atoms with Gasteiger partial charge in [-0.2, -0.15) is 13.9 Å². The van der Waals surface area contributed by atoms with Gasteiger partial charge in [0, 0.05) is 32.2 Å². The van der Waals surface area contributed by atoms with Crippen molar-refractivity contribution in [1.29, 1.82) is 0 Å². The second-order valence-corrected chi connectivity index (χ2v) is 8.37. The van der Waals surface area contributed by atoms with E-state index in [1.807, 2.05) is 32.0 Å². The topological polar surface area (TPSA) is 83.7 Å². The van der Waals surface area contributed by atoms with Crippen LogP contribution in [-0.2, 0) is 10.0 Å². The average Bonchev–Trinajstić information content (AvgIpc) is 3.03. The van der Waals surface area contributed by atoms with E-state index in [4.69, 9.17) is 0 Å². The smallest absolute Gasteiger partial charge is 0.243 e. The molecule has 0 N–H and O–H groups in total. The summed E-state index contributed by atoms with van der Waals surface area (Å²) in [5.41, 5.74) is 2.66. The number of rotatable bonds is 3. The summed E-state index contributed by atoms with van der Waals surface area (Å²) in [5.74, 6) is 0.737. The lowest BCUT2D eigenvalue weighted by Crippen LogP contribution is -2.48. The molecule has 3 heterocycles. The maximum atomic E-state index is 12.8. The first-order valence-corrected chi connectivity index (χ1v) is 9.89. The molecule has 0 radical (unpaired) electrons. The first-order chi connectivity index (χ1) is 12.4. The Bertz CT molecular complexity index is 1040. The van der Waals surface area contributed by atoms with E-state index >= 15 is 0 Å². The zero-order chi connectivity index (χ0) is 18.3. The summed E-state index contributed by atoms with van der Waals surface area (Å²) < 4.78 is 28.8. The van der Waals surface area contributed by atoms with Crippen LogP contribution < -0.4 is 4.90 Å². The summed E-state index contributed by atoms with van der Waals surface area (Å²) in [7, 11) is -3.45. The molecule has 8 nitrogen and oxygen atoms in total. The molecule has 0 unspecified atom stereocenters. The standard InChI is InChI=1S/C17H20N6O2S/c1-13-3-5-16(6-4-13)26(24,25)22-9-7-21(8-10-22)15-11-17-20-19-14(2)23(17)18-12-15/h3-6,11-12H,7-10H2,1-2H3. The zero-order valence-corrected chi connectivity index (χ0v) is 15.5. The fourth-order valence-corrected chi connectivity index (χ4v) is 4.53. The second kappa shape index (κ2) is 6.33. The Morgan fingerprint density at radius 3 is 2.35 bits per heavy atom. The number of benzene rings is 1. The molecule has 2 aromatic heterocycles. The van der Waals surface area contributed by atoms with Crippen LogP contribution in [0.2, 0.25) is 0 Å². The Labute approximate surface area is 152 Å². The van der Waals surface area contributed by atoms with Gasteiger partial charge in [0.25, 0.3) is 0 Å². The maximum absolute atomic E-state index is 12.8. The van der Waals surface area contributed by atoms with Crippen molar-refractivity contribution in [2.45, 2.75) is 18.7 Å². The van der Waals surface area contributed by atoms with E-state index in [-0.39, 0.29) is 0 Å². The van der Waals surface area contributed by atoms with E-state index < -0.39 is 10.0 Å². The molecule has 1 saturated heterocycles. The lowest BCUT2D eigenvalue weighted by Gasteiger charge is -2.35. The minimum atomic E-state index is -3.45. The largest absolute Gasteiger partial charge is 0.367 e. The van der Waals surface area contributed by atoms with Crippen LogP contribution in [-0.4, -0.2) is 58.7 Å². The number of aryl methyl sites for hydroxylation is 2. The molecule has 0 atom stereocenters. The molecule has 4 rings (SSSR count). The van der Waals surface area contributed by atoms with Crippen LogP contribution >= 0.6 is 0 Å². The summed E-state index contributed by atoms with van der Waals surface area (Å²) in [4.78, 5) is 2.47. The lowest BCUT2D eigenvalue weighted by atomic mass is 10.2. The van der Waals surface area contributed by atoms with E-state index in [2.05, 4.69) is 20.2 Å². The Kier molecular flexibility index (Phi) is 4.12. The van der Waals surface area contributed by atoms with Crippen molar-refractivity contribution in [2.75, 3.05) is 31.1 Å². The highest BCUT2D eigenvalue weighted by Gasteiger charge is 2.28. The van der Waals surface area contributed by atoms with Gasteiger partial charge < -0.3 is 4.90 Å². The molecule has 1 aromatic carbocycles. The van der Waals surface area contributed by atoms with Gasteiger partial charge in [0.2, 0.25) is 10.0 Å². The molecule has 0 spiro atoms. The summed E-state index contributed by atoms with van der Waals surface area (Å²) in [6, 6.07) is 8.91. The number of hydrogen-bond acceptors (Lipinski definition) is 6. The molecule has 136 valence electrons. The van der Waals surface area contributed by atoms with Crippen molar-refractivity contribution in [3.05, 3.63) is 47.9 Å². The summed E-state index contributed by atoms with van der Waals surface area (Å²) in [5, 5.41) is 12.5. The van der Waals surface area contributed by atoms with Gasteiger partial charge in [-0.25, -0.2) is 8.42 Å². The van der Waals surface area contributed by atoms with E-state index in [0.29, 0.717) is 36.7 Å². The Morgan fingerprint density at radius 1 is 0.962 bits per heavy atom. The van der Waals surface area contributed by atoms with Crippen molar-refractivity contribution in [3.8, 4) is 0 Å². The Morgan fingerprint density at radius 2 is 1.65 bits per heavy atom. The van der Waals surface area contributed by atoms with Crippen molar-refractivity contribution in [2.24, 2.45) is 0 Å². The van der Waals surface area contributed by atoms with Crippen molar-refractivity contribution in [3.63, 3.8) is 0 Å². The molecule has 1 fully saturated rings. The average molecular weight is 372 g/mol. The first-order valence-electron chi connectivity index (χ1n) is 8.45. The van der Waals surface area contributed by atoms with Gasteiger partial charge in [0.1, 0.15) is 0 Å². The number of nitrogens with zero attached hydrogens (tertiary/aromatic N) is 6. The molecule has 0 amide bonds. The highest BCUT2D eigenvalue weighted by atomic mass is 32.2. The van der Waals surface area contributed by atoms with E-state index in [1.165, 1.54) is 0 Å². The summed E-state index contributed by atoms with van der Waals surface area (Å²) >= 11 is 0. The maximum Gasteiger partial charge on any atom is 0.243 e. The minimum Gasteiger partial charge on any atom is -0.367 e. The van der Waals surface area contributed by atoms with Crippen molar-refractivity contribution >= 4 is 21.4 Å². The molecule has 3 aromatic rings. The molecule has 0 saturated carbocycles. The quantitative estimate of drug-likeness (QED) is 0.688. The SMILES string of the molecule is Cc1ccc(S(=O)(=O)N2CCN(c3cnn4c(C)nnc4c3)CC2)cc1. The summed E-state index contributed by atoms with van der Waals surface area (Å²) in [6.07, 6.45) is 1.77. The highest BCUT2D eigenvalue weighted by Crippen LogP contribution is 2.21. The molecular formula is C17H20N6O2S. The molecule has 1 aliphatic heterocycles. The molecule has 1 aliphatic rings. The van der Waals surface area contributed by atoms with Gasteiger partial charge in [-0.05, 0) is 26.0 Å². The molecular weight excluding hydrogens is 352 g/mol. The molecule has 9 heteroatoms. The normalized spacial score (nSPS) is 16.3. The van der Waals surface area contributed by atoms with Crippen molar-refractivity contribution in [1.82, 2.24) is 24.1 Å². The number of hydrogen-bond donors (Lipinski definition) is 0. The minimum absolute atomic E-state index is 0.346. The highest BCUT2D eigenvalue weighted by molar-refractivity contribution is 7.89. The van der Waals surface area contributed by atoms with Gasteiger partial charge in [-0.15, -0.1) is 10.2 Å². The van der Waals surface area contributed by atoms with Gasteiger partial charge in [0.15, 0.2) is 11.5 Å². The van der Waals surface area contributed by atoms with Crippen molar-refractivity contribution < 1.29 is 8.42 Å². The third kappa shape index (κ3) is 2.93.